The van der Waals surface area contributed by atoms with E-state index in [1.54, 1.807) is 0 Å². The van der Waals surface area contributed by atoms with E-state index in [0.717, 1.165) is 5.69 Å². The van der Waals surface area contributed by atoms with Crippen molar-refractivity contribution in [2.45, 2.75) is 51.5 Å². The summed E-state index contributed by atoms with van der Waals surface area (Å²) in [6.45, 7) is 5.20. The molecule has 1 aliphatic carbocycles. The molecule has 4 nitrogen and oxygen atoms in total. The number of rotatable bonds is 3. The molecule has 3 rings (SSSR count). The number of nitrogens with zero attached hydrogens (tertiary/aromatic N) is 3. The zero-order valence-corrected chi connectivity index (χ0v) is 12.9. The Morgan fingerprint density at radius 3 is 2.40 bits per heavy atom. The summed E-state index contributed by atoms with van der Waals surface area (Å²) in [7, 11) is 1.99. The number of piperidine rings is 1. The van der Waals surface area contributed by atoms with Crippen molar-refractivity contribution in [1.82, 2.24) is 14.7 Å². The van der Waals surface area contributed by atoms with Gasteiger partial charge in [0.2, 0.25) is 0 Å². The normalized spacial score (nSPS) is 24.4. The van der Waals surface area contributed by atoms with Gasteiger partial charge >= 0.3 is 0 Å². The van der Waals surface area contributed by atoms with Gasteiger partial charge in [0.05, 0.1) is 11.7 Å². The molecule has 0 bridgehead atoms. The summed E-state index contributed by atoms with van der Waals surface area (Å²) in [5, 5.41) is 4.48. The first-order chi connectivity index (χ1) is 9.63. The predicted octanol–water partition coefficient (Wildman–Crippen LogP) is 2.38. The van der Waals surface area contributed by atoms with E-state index in [1.165, 1.54) is 57.2 Å². The van der Waals surface area contributed by atoms with Gasteiger partial charge in [-0.05, 0) is 51.1 Å². The van der Waals surface area contributed by atoms with Crippen molar-refractivity contribution in [3.63, 3.8) is 0 Å². The first-order valence-electron chi connectivity index (χ1n) is 8.08. The number of hydrogen-bond donors (Lipinski definition) is 1. The van der Waals surface area contributed by atoms with Crippen LogP contribution < -0.4 is 5.73 Å². The Labute approximate surface area is 122 Å². The van der Waals surface area contributed by atoms with Gasteiger partial charge in [0, 0.05) is 25.4 Å². The minimum absolute atomic E-state index is 0.349. The van der Waals surface area contributed by atoms with Gasteiger partial charge in [-0.3, -0.25) is 9.58 Å². The average molecular weight is 276 g/mol. The molecule has 1 saturated carbocycles. The van der Waals surface area contributed by atoms with Gasteiger partial charge in [0.15, 0.2) is 0 Å². The van der Waals surface area contributed by atoms with Gasteiger partial charge in [-0.2, -0.15) is 5.10 Å². The molecule has 2 fully saturated rings. The zero-order chi connectivity index (χ0) is 14.2. The molecular formula is C16H28N4. The molecule has 20 heavy (non-hydrogen) atoms. The van der Waals surface area contributed by atoms with Gasteiger partial charge in [0.25, 0.3) is 0 Å². The van der Waals surface area contributed by atoms with E-state index in [-0.39, 0.29) is 0 Å². The van der Waals surface area contributed by atoms with Crippen LogP contribution in [0.25, 0.3) is 0 Å². The lowest BCUT2D eigenvalue weighted by atomic mass is 9.76. The number of aryl methyl sites for hydroxylation is 2. The van der Waals surface area contributed by atoms with Crippen molar-refractivity contribution >= 4 is 0 Å². The van der Waals surface area contributed by atoms with E-state index >= 15 is 0 Å². The van der Waals surface area contributed by atoms with Crippen LogP contribution in [0, 0.1) is 12.3 Å². The second-order valence-corrected chi connectivity index (χ2v) is 6.84. The first kappa shape index (κ1) is 14.1. The van der Waals surface area contributed by atoms with E-state index in [4.69, 9.17) is 5.73 Å². The fourth-order valence-electron chi connectivity index (χ4n) is 4.35. The topological polar surface area (TPSA) is 47.1 Å². The van der Waals surface area contributed by atoms with Gasteiger partial charge < -0.3 is 5.73 Å². The van der Waals surface area contributed by atoms with Crippen molar-refractivity contribution in [1.29, 1.82) is 0 Å². The maximum Gasteiger partial charge on any atom is 0.0641 e. The molecule has 2 N–H and O–H groups in total. The second kappa shape index (κ2) is 5.49. The van der Waals surface area contributed by atoms with E-state index in [1.807, 2.05) is 11.7 Å². The number of likely N-dealkylation sites (tertiary alicyclic amines) is 1. The Kier molecular flexibility index (Phi) is 3.87. The van der Waals surface area contributed by atoms with Crippen LogP contribution in [0.1, 0.15) is 55.8 Å². The largest absolute Gasteiger partial charge is 0.329 e. The van der Waals surface area contributed by atoms with E-state index in [2.05, 4.69) is 23.1 Å². The van der Waals surface area contributed by atoms with Crippen LogP contribution >= 0.6 is 0 Å². The van der Waals surface area contributed by atoms with E-state index in [0.29, 0.717) is 18.0 Å². The second-order valence-electron chi connectivity index (χ2n) is 6.84. The summed E-state index contributed by atoms with van der Waals surface area (Å²) in [4.78, 5) is 2.59. The molecule has 112 valence electrons. The molecular weight excluding hydrogens is 248 g/mol. The molecule has 4 heteroatoms. The lowest BCUT2D eigenvalue weighted by Crippen LogP contribution is -2.43. The fraction of sp³-hybridized carbons (Fsp3) is 0.812. The first-order valence-corrected chi connectivity index (χ1v) is 8.08. The highest BCUT2D eigenvalue weighted by atomic mass is 15.3. The molecule has 1 atom stereocenters. The Balaban J connectivity index is 1.70. The van der Waals surface area contributed by atoms with Gasteiger partial charge in [0.1, 0.15) is 0 Å². The minimum Gasteiger partial charge on any atom is -0.329 e. The Morgan fingerprint density at radius 1 is 1.25 bits per heavy atom. The maximum atomic E-state index is 6.08. The standard InChI is InChI=1S/C16H28N4/c1-13-14(12-19(2)18-13)15(11-17)20-9-7-16(8-10-20)5-3-4-6-16/h12,15H,3-11,17H2,1-2H3. The third-order valence-corrected chi connectivity index (χ3v) is 5.60. The fourth-order valence-corrected chi connectivity index (χ4v) is 4.35. The van der Waals surface area contributed by atoms with Crippen LogP contribution in [0.4, 0.5) is 0 Å². The van der Waals surface area contributed by atoms with Crippen molar-refractivity contribution in [3.8, 4) is 0 Å². The average Bonchev–Trinajstić information content (AvgIpc) is 3.01. The number of hydrogen-bond acceptors (Lipinski definition) is 3. The summed E-state index contributed by atoms with van der Waals surface area (Å²) in [5.41, 5.74) is 9.21. The van der Waals surface area contributed by atoms with E-state index < -0.39 is 0 Å². The van der Waals surface area contributed by atoms with Gasteiger partial charge in [-0.1, -0.05) is 12.8 Å². The molecule has 0 aromatic carbocycles. The molecule has 2 aliphatic rings. The molecule has 1 aromatic heterocycles. The van der Waals surface area contributed by atoms with Crippen LogP contribution in [0.2, 0.25) is 0 Å². The predicted molar refractivity (Wildman–Crippen MR) is 81.4 cm³/mol. The van der Waals surface area contributed by atoms with E-state index in [9.17, 15) is 0 Å². The molecule has 1 aromatic rings. The Bertz CT molecular complexity index is 449. The molecule has 1 aliphatic heterocycles. The Hall–Kier alpha value is -0.870. The summed E-state index contributed by atoms with van der Waals surface area (Å²) in [5.74, 6) is 0. The molecule has 2 heterocycles. The minimum atomic E-state index is 0.349. The lowest BCUT2D eigenvalue weighted by molar-refractivity contribution is 0.0778. The summed E-state index contributed by atoms with van der Waals surface area (Å²) < 4.78 is 1.91. The lowest BCUT2D eigenvalue weighted by Gasteiger charge is -2.42. The highest BCUT2D eigenvalue weighted by Crippen LogP contribution is 2.47. The maximum absolute atomic E-state index is 6.08. The van der Waals surface area contributed by atoms with Crippen LogP contribution in [0.15, 0.2) is 6.20 Å². The van der Waals surface area contributed by atoms with Gasteiger partial charge in [-0.15, -0.1) is 0 Å². The highest BCUT2D eigenvalue weighted by molar-refractivity contribution is 5.21. The molecule has 0 amide bonds. The quantitative estimate of drug-likeness (QED) is 0.922. The van der Waals surface area contributed by atoms with Crippen LogP contribution in [-0.4, -0.2) is 34.3 Å². The van der Waals surface area contributed by atoms with Crippen molar-refractivity contribution < 1.29 is 0 Å². The SMILES string of the molecule is Cc1nn(C)cc1C(CN)N1CCC2(CCCC2)CC1. The number of aromatic nitrogens is 2. The smallest absolute Gasteiger partial charge is 0.0641 e. The van der Waals surface area contributed by atoms with Crippen LogP contribution in [0.5, 0.6) is 0 Å². The van der Waals surface area contributed by atoms with Gasteiger partial charge in [-0.25, -0.2) is 0 Å². The summed E-state index contributed by atoms with van der Waals surface area (Å²) in [6.07, 6.45) is 10.7. The Morgan fingerprint density at radius 2 is 1.90 bits per heavy atom. The van der Waals surface area contributed by atoms with Crippen LogP contribution in [-0.2, 0) is 7.05 Å². The molecule has 1 unspecified atom stereocenters. The summed E-state index contributed by atoms with van der Waals surface area (Å²) >= 11 is 0. The monoisotopic (exact) mass is 276 g/mol. The molecule has 1 saturated heterocycles. The summed E-state index contributed by atoms with van der Waals surface area (Å²) in [6, 6.07) is 0.349. The number of nitrogens with two attached hydrogens (primary N) is 1. The van der Waals surface area contributed by atoms with Crippen LogP contribution in [0.3, 0.4) is 0 Å². The third-order valence-electron chi connectivity index (χ3n) is 5.60. The van der Waals surface area contributed by atoms with Crippen molar-refractivity contribution in [3.05, 3.63) is 17.5 Å². The zero-order valence-electron chi connectivity index (χ0n) is 12.9. The highest BCUT2D eigenvalue weighted by Gasteiger charge is 2.38. The van der Waals surface area contributed by atoms with Crippen molar-refractivity contribution in [2.75, 3.05) is 19.6 Å². The van der Waals surface area contributed by atoms with Crippen molar-refractivity contribution in [2.24, 2.45) is 18.2 Å². The molecule has 0 radical (unpaired) electrons. The third kappa shape index (κ3) is 2.51. The molecule has 1 spiro atoms.